The molecule has 3 rings (SSSR count). The molecule has 1 saturated heterocycles. The van der Waals surface area contributed by atoms with Gasteiger partial charge < -0.3 is 24.6 Å². The highest BCUT2D eigenvalue weighted by atomic mass is 127. The number of methoxy groups -OCH3 is 2. The molecule has 1 fully saturated rings. The van der Waals surface area contributed by atoms with E-state index in [1.165, 1.54) is 5.56 Å². The Bertz CT molecular complexity index is 813. The molecule has 1 aliphatic heterocycles. The molecule has 170 valence electrons. The fourth-order valence-corrected chi connectivity index (χ4v) is 3.50. The van der Waals surface area contributed by atoms with Crippen LogP contribution in [0, 0.1) is 0 Å². The van der Waals surface area contributed by atoms with Crippen molar-refractivity contribution in [2.75, 3.05) is 58.4 Å². The Morgan fingerprint density at radius 2 is 1.77 bits per heavy atom. The summed E-state index contributed by atoms with van der Waals surface area (Å²) < 4.78 is 10.7. The molecule has 0 aliphatic carbocycles. The summed E-state index contributed by atoms with van der Waals surface area (Å²) in [5.41, 5.74) is 1.23. The van der Waals surface area contributed by atoms with Gasteiger partial charge in [-0.25, -0.2) is 9.97 Å². The number of nitrogens with zero attached hydrogens (tertiary/aromatic N) is 5. The van der Waals surface area contributed by atoms with E-state index in [4.69, 9.17) is 14.5 Å². The van der Waals surface area contributed by atoms with Gasteiger partial charge in [0.2, 0.25) is 5.95 Å². The molecule has 0 bridgehead atoms. The first kappa shape index (κ1) is 25.0. The number of aryl methyl sites for hydroxylation is 1. The third-order valence-electron chi connectivity index (χ3n) is 5.08. The molecule has 2 heterocycles. The Balaban J connectivity index is 0.00000341. The van der Waals surface area contributed by atoms with E-state index in [1.807, 2.05) is 18.2 Å². The van der Waals surface area contributed by atoms with E-state index in [2.05, 4.69) is 38.1 Å². The summed E-state index contributed by atoms with van der Waals surface area (Å²) in [7, 11) is 3.32. The number of piperazine rings is 1. The van der Waals surface area contributed by atoms with Gasteiger partial charge >= 0.3 is 0 Å². The molecule has 0 spiro atoms. The van der Waals surface area contributed by atoms with Crippen molar-refractivity contribution < 1.29 is 9.47 Å². The van der Waals surface area contributed by atoms with Crippen LogP contribution < -0.4 is 19.7 Å². The van der Waals surface area contributed by atoms with Crippen molar-refractivity contribution >= 4 is 35.9 Å². The molecule has 1 aromatic carbocycles. The second-order valence-corrected chi connectivity index (χ2v) is 7.05. The minimum absolute atomic E-state index is 0. The summed E-state index contributed by atoms with van der Waals surface area (Å²) in [5, 5.41) is 3.43. The van der Waals surface area contributed by atoms with Crippen LogP contribution in [0.1, 0.15) is 18.9 Å². The average Bonchev–Trinajstić information content (AvgIpc) is 2.81. The first-order valence-corrected chi connectivity index (χ1v) is 10.5. The van der Waals surface area contributed by atoms with Gasteiger partial charge in [0.25, 0.3) is 0 Å². The molecular formula is C22H33IN6O2. The van der Waals surface area contributed by atoms with Crippen molar-refractivity contribution in [2.24, 2.45) is 4.99 Å². The van der Waals surface area contributed by atoms with E-state index >= 15 is 0 Å². The zero-order valence-electron chi connectivity index (χ0n) is 18.6. The lowest BCUT2D eigenvalue weighted by molar-refractivity contribution is 0.354. The Kier molecular flexibility index (Phi) is 10.6. The largest absolute Gasteiger partial charge is 0.493 e. The maximum absolute atomic E-state index is 5.39. The smallest absolute Gasteiger partial charge is 0.225 e. The van der Waals surface area contributed by atoms with E-state index in [0.717, 1.165) is 75.5 Å². The quantitative estimate of drug-likeness (QED) is 0.239. The molecule has 1 N–H and O–H groups in total. The summed E-state index contributed by atoms with van der Waals surface area (Å²) in [6.07, 6.45) is 5.50. The van der Waals surface area contributed by atoms with Crippen molar-refractivity contribution in [3.8, 4) is 11.5 Å². The van der Waals surface area contributed by atoms with Crippen LogP contribution in [0.25, 0.3) is 0 Å². The third kappa shape index (κ3) is 7.12. The van der Waals surface area contributed by atoms with Crippen LogP contribution in [-0.2, 0) is 6.42 Å². The highest BCUT2D eigenvalue weighted by molar-refractivity contribution is 14.0. The van der Waals surface area contributed by atoms with Crippen LogP contribution in [-0.4, -0.2) is 74.3 Å². The second kappa shape index (κ2) is 13.2. The van der Waals surface area contributed by atoms with Gasteiger partial charge in [-0.2, -0.15) is 0 Å². The molecular weight excluding hydrogens is 507 g/mol. The zero-order chi connectivity index (χ0) is 21.2. The highest BCUT2D eigenvalue weighted by Crippen LogP contribution is 2.27. The number of benzene rings is 1. The van der Waals surface area contributed by atoms with Crippen LogP contribution in [0.5, 0.6) is 11.5 Å². The monoisotopic (exact) mass is 540 g/mol. The van der Waals surface area contributed by atoms with Crippen LogP contribution in [0.3, 0.4) is 0 Å². The Hall–Kier alpha value is -2.30. The van der Waals surface area contributed by atoms with Crippen molar-refractivity contribution in [1.29, 1.82) is 0 Å². The van der Waals surface area contributed by atoms with E-state index in [0.29, 0.717) is 0 Å². The number of guanidine groups is 1. The summed E-state index contributed by atoms with van der Waals surface area (Å²) in [5.74, 6) is 3.31. The number of halogens is 1. The molecule has 1 aliphatic rings. The number of rotatable bonds is 8. The molecule has 0 atom stereocenters. The van der Waals surface area contributed by atoms with Crippen molar-refractivity contribution in [1.82, 2.24) is 20.2 Å². The zero-order valence-corrected chi connectivity index (χ0v) is 20.9. The van der Waals surface area contributed by atoms with Gasteiger partial charge in [0.1, 0.15) is 0 Å². The lowest BCUT2D eigenvalue weighted by Crippen LogP contribution is -2.53. The van der Waals surface area contributed by atoms with Gasteiger partial charge in [-0.1, -0.05) is 6.07 Å². The molecule has 8 nitrogen and oxygen atoms in total. The van der Waals surface area contributed by atoms with E-state index in [-0.39, 0.29) is 24.0 Å². The van der Waals surface area contributed by atoms with Crippen molar-refractivity contribution in [3.63, 3.8) is 0 Å². The van der Waals surface area contributed by atoms with Gasteiger partial charge in [0, 0.05) is 51.7 Å². The molecule has 0 amide bonds. The van der Waals surface area contributed by atoms with E-state index < -0.39 is 0 Å². The lowest BCUT2D eigenvalue weighted by Gasteiger charge is -2.36. The van der Waals surface area contributed by atoms with Gasteiger partial charge in [-0.3, -0.25) is 4.99 Å². The third-order valence-corrected chi connectivity index (χ3v) is 5.08. The fraction of sp³-hybridized carbons (Fsp3) is 0.500. The van der Waals surface area contributed by atoms with Gasteiger partial charge in [-0.05, 0) is 43.5 Å². The van der Waals surface area contributed by atoms with Crippen LogP contribution >= 0.6 is 24.0 Å². The molecule has 0 saturated carbocycles. The maximum atomic E-state index is 5.39. The Morgan fingerprint density at radius 1 is 1.06 bits per heavy atom. The number of aliphatic imine (C=N–C) groups is 1. The summed E-state index contributed by atoms with van der Waals surface area (Å²) in [6, 6.07) is 7.93. The SMILES string of the molecule is CCNC(=NCCCc1ccc(OC)c(OC)c1)N1CCN(c2ncccn2)CC1.I. The maximum Gasteiger partial charge on any atom is 0.225 e. The topological polar surface area (TPSA) is 75.1 Å². The number of nitrogens with one attached hydrogen (secondary N) is 1. The number of ether oxygens (including phenoxy) is 2. The van der Waals surface area contributed by atoms with Crippen molar-refractivity contribution in [3.05, 3.63) is 42.2 Å². The highest BCUT2D eigenvalue weighted by Gasteiger charge is 2.20. The standard InChI is InChI=1S/C22H32N6O2.HI/c1-4-23-21(27-13-15-28(16-14-27)22-25-11-6-12-26-22)24-10-5-7-18-8-9-19(29-2)20(17-18)30-3;/h6,8-9,11-12,17H,4-5,7,10,13-16H2,1-3H3,(H,23,24);1H. The van der Waals surface area contributed by atoms with E-state index in [1.54, 1.807) is 26.6 Å². The summed E-state index contributed by atoms with van der Waals surface area (Å²) in [6.45, 7) is 7.32. The summed E-state index contributed by atoms with van der Waals surface area (Å²) >= 11 is 0. The Labute approximate surface area is 202 Å². The number of hydrogen-bond acceptors (Lipinski definition) is 6. The van der Waals surface area contributed by atoms with E-state index in [9.17, 15) is 0 Å². The summed E-state index contributed by atoms with van der Waals surface area (Å²) in [4.78, 5) is 18.1. The predicted octanol–water partition coefficient (Wildman–Crippen LogP) is 2.83. The van der Waals surface area contributed by atoms with Crippen LogP contribution in [0.15, 0.2) is 41.7 Å². The molecule has 2 aromatic rings. The minimum Gasteiger partial charge on any atom is -0.493 e. The second-order valence-electron chi connectivity index (χ2n) is 7.05. The molecule has 31 heavy (non-hydrogen) atoms. The lowest BCUT2D eigenvalue weighted by atomic mass is 10.1. The van der Waals surface area contributed by atoms with Gasteiger partial charge in [0.15, 0.2) is 17.5 Å². The van der Waals surface area contributed by atoms with Gasteiger partial charge in [0.05, 0.1) is 14.2 Å². The molecule has 9 heteroatoms. The normalized spacial score (nSPS) is 14.1. The van der Waals surface area contributed by atoms with Gasteiger partial charge in [-0.15, -0.1) is 24.0 Å². The number of hydrogen-bond donors (Lipinski definition) is 1. The van der Waals surface area contributed by atoms with Crippen LogP contribution in [0.4, 0.5) is 5.95 Å². The molecule has 1 aromatic heterocycles. The van der Waals surface area contributed by atoms with Crippen LogP contribution in [0.2, 0.25) is 0 Å². The van der Waals surface area contributed by atoms with Crippen molar-refractivity contribution in [2.45, 2.75) is 19.8 Å². The average molecular weight is 540 g/mol. The Morgan fingerprint density at radius 3 is 2.42 bits per heavy atom. The first-order valence-electron chi connectivity index (χ1n) is 10.5. The predicted molar refractivity (Wildman–Crippen MR) is 135 cm³/mol. The number of aromatic nitrogens is 2. The molecule has 0 radical (unpaired) electrons. The number of anilines is 1. The first-order chi connectivity index (χ1) is 14.7. The fourth-order valence-electron chi connectivity index (χ4n) is 3.50. The molecule has 0 unspecified atom stereocenters. The minimum atomic E-state index is 0.